The first-order valence-electron chi connectivity index (χ1n) is 9.94. The monoisotopic (exact) mass is 350 g/mol. The molecule has 0 fully saturated rings. The number of nitrogens with one attached hydrogen (secondary N) is 1. The van der Waals surface area contributed by atoms with Crippen molar-refractivity contribution in [3.8, 4) is 0 Å². The molecule has 1 heterocycles. The molecule has 144 valence electrons. The van der Waals surface area contributed by atoms with Crippen molar-refractivity contribution < 1.29 is 4.79 Å². The molecule has 1 aromatic rings. The van der Waals surface area contributed by atoms with Crippen LogP contribution in [0.1, 0.15) is 81.0 Å². The van der Waals surface area contributed by atoms with Crippen molar-refractivity contribution in [2.45, 2.75) is 79.2 Å². The van der Waals surface area contributed by atoms with Crippen molar-refractivity contribution in [1.82, 2.24) is 20.0 Å². The first-order chi connectivity index (χ1) is 11.9. The van der Waals surface area contributed by atoms with Crippen molar-refractivity contribution in [3.63, 3.8) is 0 Å². The third-order valence-corrected chi connectivity index (χ3v) is 4.80. The second kappa shape index (κ2) is 11.3. The van der Waals surface area contributed by atoms with Crippen LogP contribution in [0.3, 0.4) is 0 Å². The van der Waals surface area contributed by atoms with Gasteiger partial charge in [-0.25, -0.2) is 0 Å². The molecule has 5 heteroatoms. The Balaban J connectivity index is 2.59. The lowest BCUT2D eigenvalue weighted by molar-refractivity contribution is 0.0927. The number of rotatable bonds is 12. The summed E-state index contributed by atoms with van der Waals surface area (Å²) in [5.74, 6) is -0.00216. The summed E-state index contributed by atoms with van der Waals surface area (Å²) in [6.45, 7) is 13.6. The Hall–Kier alpha value is -1.36. The highest BCUT2D eigenvalue weighted by molar-refractivity contribution is 5.96. The largest absolute Gasteiger partial charge is 0.348 e. The van der Waals surface area contributed by atoms with Crippen molar-refractivity contribution in [1.29, 1.82) is 0 Å². The molecule has 0 spiro atoms. The number of carbonyl (C=O) groups excluding carboxylic acids is 1. The van der Waals surface area contributed by atoms with E-state index in [2.05, 4.69) is 36.1 Å². The first-order valence-corrected chi connectivity index (χ1v) is 9.94. The molecular formula is C20H38N4O. The van der Waals surface area contributed by atoms with Crippen LogP contribution < -0.4 is 5.32 Å². The Morgan fingerprint density at radius 1 is 1.12 bits per heavy atom. The molecule has 0 aromatic carbocycles. The van der Waals surface area contributed by atoms with Gasteiger partial charge in [-0.1, -0.05) is 39.5 Å². The van der Waals surface area contributed by atoms with Gasteiger partial charge in [-0.2, -0.15) is 5.10 Å². The highest BCUT2D eigenvalue weighted by Gasteiger charge is 2.19. The van der Waals surface area contributed by atoms with Crippen molar-refractivity contribution in [2.24, 2.45) is 7.05 Å². The minimum absolute atomic E-state index is 0.00216. The fraction of sp³-hybridized carbons (Fsp3) is 0.800. The number of hydrogen-bond donors (Lipinski definition) is 1. The van der Waals surface area contributed by atoms with Gasteiger partial charge in [-0.3, -0.25) is 9.48 Å². The van der Waals surface area contributed by atoms with Crippen LogP contribution in [0.4, 0.5) is 0 Å². The van der Waals surface area contributed by atoms with Crippen molar-refractivity contribution in [2.75, 3.05) is 19.6 Å². The lowest BCUT2D eigenvalue weighted by atomic mass is 10.1. The van der Waals surface area contributed by atoms with E-state index < -0.39 is 0 Å². The zero-order valence-electron chi connectivity index (χ0n) is 17.2. The second-order valence-electron chi connectivity index (χ2n) is 7.26. The molecule has 1 rings (SSSR count). The second-order valence-corrected chi connectivity index (χ2v) is 7.26. The highest BCUT2D eigenvalue weighted by Crippen LogP contribution is 2.12. The predicted octanol–water partition coefficient (Wildman–Crippen LogP) is 3.84. The molecule has 0 radical (unpaired) electrons. The Kier molecular flexibility index (Phi) is 9.79. The van der Waals surface area contributed by atoms with E-state index in [1.54, 1.807) is 4.68 Å². The number of aryl methyl sites for hydroxylation is 2. The van der Waals surface area contributed by atoms with Crippen LogP contribution in [0.5, 0.6) is 0 Å². The summed E-state index contributed by atoms with van der Waals surface area (Å²) in [5, 5.41) is 7.51. The zero-order chi connectivity index (χ0) is 18.8. The fourth-order valence-corrected chi connectivity index (χ4v) is 3.30. The molecule has 0 aliphatic carbocycles. The quantitative estimate of drug-likeness (QED) is 0.583. The van der Waals surface area contributed by atoms with Crippen LogP contribution in [0.25, 0.3) is 0 Å². The maximum atomic E-state index is 12.6. The van der Waals surface area contributed by atoms with Crippen LogP contribution in [-0.2, 0) is 7.05 Å². The van der Waals surface area contributed by atoms with Crippen LogP contribution in [0, 0.1) is 13.8 Å². The molecule has 1 atom stereocenters. The smallest absolute Gasteiger partial charge is 0.255 e. The Morgan fingerprint density at radius 2 is 1.68 bits per heavy atom. The SMILES string of the molecule is CCCCCN(CCCCC)CC(C)NC(=O)c1c(C)nn(C)c1C. The Bertz CT molecular complexity index is 514. The number of aromatic nitrogens is 2. The van der Waals surface area contributed by atoms with Gasteiger partial charge in [0.1, 0.15) is 0 Å². The fourth-order valence-electron chi connectivity index (χ4n) is 3.30. The number of nitrogens with zero attached hydrogens (tertiary/aromatic N) is 3. The minimum atomic E-state index is -0.00216. The molecule has 0 bridgehead atoms. The third-order valence-electron chi connectivity index (χ3n) is 4.80. The van der Waals surface area contributed by atoms with Gasteiger partial charge in [0.15, 0.2) is 0 Å². The van der Waals surface area contributed by atoms with Crippen LogP contribution in [0.15, 0.2) is 0 Å². The van der Waals surface area contributed by atoms with Crippen molar-refractivity contribution >= 4 is 5.91 Å². The van der Waals surface area contributed by atoms with Crippen molar-refractivity contribution in [3.05, 3.63) is 17.0 Å². The number of hydrogen-bond acceptors (Lipinski definition) is 3. The molecule has 1 N–H and O–H groups in total. The van der Waals surface area contributed by atoms with E-state index in [-0.39, 0.29) is 11.9 Å². The number of carbonyl (C=O) groups is 1. The van der Waals surface area contributed by atoms with Gasteiger partial charge in [0.05, 0.1) is 11.3 Å². The molecule has 25 heavy (non-hydrogen) atoms. The normalized spacial score (nSPS) is 12.6. The van der Waals surface area contributed by atoms with Gasteiger partial charge in [0.2, 0.25) is 0 Å². The predicted molar refractivity (Wildman–Crippen MR) is 105 cm³/mol. The molecule has 1 amide bonds. The molecule has 1 aromatic heterocycles. The Labute approximate surface area is 154 Å². The number of amides is 1. The summed E-state index contributed by atoms with van der Waals surface area (Å²) in [4.78, 5) is 15.1. The molecule has 1 unspecified atom stereocenters. The minimum Gasteiger partial charge on any atom is -0.348 e. The van der Waals surface area contributed by atoms with Gasteiger partial charge in [0, 0.05) is 25.3 Å². The van der Waals surface area contributed by atoms with Crippen LogP contribution in [0.2, 0.25) is 0 Å². The maximum Gasteiger partial charge on any atom is 0.255 e. The average Bonchev–Trinajstić information content (AvgIpc) is 2.80. The summed E-state index contributed by atoms with van der Waals surface area (Å²) in [6.07, 6.45) is 7.52. The molecule has 0 aliphatic heterocycles. The van der Waals surface area contributed by atoms with Gasteiger partial charge in [-0.05, 0) is 46.7 Å². The van der Waals surface area contributed by atoms with Gasteiger partial charge in [0.25, 0.3) is 5.91 Å². The summed E-state index contributed by atoms with van der Waals surface area (Å²) in [5.41, 5.74) is 2.44. The van der Waals surface area contributed by atoms with E-state index in [4.69, 9.17) is 0 Å². The van der Waals surface area contributed by atoms with E-state index in [1.165, 1.54) is 38.5 Å². The molecule has 0 aliphatic rings. The molecule has 5 nitrogen and oxygen atoms in total. The summed E-state index contributed by atoms with van der Waals surface area (Å²) >= 11 is 0. The number of unbranched alkanes of at least 4 members (excludes halogenated alkanes) is 4. The van der Waals surface area contributed by atoms with E-state index in [9.17, 15) is 4.79 Å². The summed E-state index contributed by atoms with van der Waals surface area (Å²) < 4.78 is 1.77. The lowest BCUT2D eigenvalue weighted by Gasteiger charge is -2.26. The van der Waals surface area contributed by atoms with Crippen LogP contribution in [-0.4, -0.2) is 46.3 Å². The lowest BCUT2D eigenvalue weighted by Crippen LogP contribution is -2.43. The van der Waals surface area contributed by atoms with Gasteiger partial charge < -0.3 is 10.2 Å². The van der Waals surface area contributed by atoms with Crippen LogP contribution >= 0.6 is 0 Å². The molecule has 0 saturated heterocycles. The highest BCUT2D eigenvalue weighted by atomic mass is 16.1. The third kappa shape index (κ3) is 7.18. The molecular weight excluding hydrogens is 312 g/mol. The Morgan fingerprint density at radius 3 is 2.12 bits per heavy atom. The maximum absolute atomic E-state index is 12.6. The van der Waals surface area contributed by atoms with Gasteiger partial charge in [-0.15, -0.1) is 0 Å². The van der Waals surface area contributed by atoms with E-state index >= 15 is 0 Å². The van der Waals surface area contributed by atoms with E-state index in [0.29, 0.717) is 0 Å². The van der Waals surface area contributed by atoms with E-state index in [1.807, 2.05) is 20.9 Å². The zero-order valence-corrected chi connectivity index (χ0v) is 17.2. The average molecular weight is 351 g/mol. The molecule has 0 saturated carbocycles. The van der Waals surface area contributed by atoms with Gasteiger partial charge >= 0.3 is 0 Å². The first kappa shape index (κ1) is 21.7. The standard InChI is InChI=1S/C20H38N4O/c1-7-9-11-13-24(14-12-10-8-2)15-16(3)21-20(25)19-17(4)22-23(6)18(19)5/h16H,7-15H2,1-6H3,(H,21,25). The summed E-state index contributed by atoms with van der Waals surface area (Å²) in [7, 11) is 1.88. The summed E-state index contributed by atoms with van der Waals surface area (Å²) in [6, 6.07) is 0.134. The van der Waals surface area contributed by atoms with E-state index in [0.717, 1.165) is 36.6 Å². The topological polar surface area (TPSA) is 50.2 Å².